The van der Waals surface area contributed by atoms with Gasteiger partial charge in [-0.2, -0.15) is 0 Å². The van der Waals surface area contributed by atoms with Crippen LogP contribution in [0.4, 0.5) is 0 Å². The van der Waals surface area contributed by atoms with E-state index in [2.05, 4.69) is 59.2 Å². The maximum atomic E-state index is 10.4. The van der Waals surface area contributed by atoms with Gasteiger partial charge in [0, 0.05) is 29.4 Å². The molecule has 0 amide bonds. The van der Waals surface area contributed by atoms with Gasteiger partial charge in [-0.05, 0) is 42.3 Å². The fourth-order valence-corrected chi connectivity index (χ4v) is 6.70. The molecule has 6 rings (SSSR count). The number of thiocarbonyl (C=S) groups is 1. The largest absolute Gasteiger partial charge is 0.506 e. The number of ether oxygens (including phenoxy) is 1. The van der Waals surface area contributed by atoms with Gasteiger partial charge in [0.05, 0.1) is 11.1 Å². The average molecular weight is 477 g/mol. The normalized spacial score (nSPS) is 30.0. The van der Waals surface area contributed by atoms with Gasteiger partial charge >= 0.3 is 0 Å². The molecular weight excluding hydrogens is 452 g/mol. The summed E-state index contributed by atoms with van der Waals surface area (Å²) in [5.74, 6) is 1.07. The number of phenols is 1. The molecule has 2 aliphatic heterocycles. The molecule has 1 saturated heterocycles. The molecule has 3 aromatic rings. The number of phenolic OH excluding ortho intramolecular Hbond substituents is 1. The Hall–Kier alpha value is -2.76. The summed E-state index contributed by atoms with van der Waals surface area (Å²) >= 11 is 12.1. The molecule has 4 nitrogen and oxygen atoms in total. The first-order chi connectivity index (χ1) is 16.1. The molecule has 0 radical (unpaired) electrons. The molecule has 0 unspecified atom stereocenters. The molecule has 3 N–H and O–H groups in total. The predicted molar refractivity (Wildman–Crippen MR) is 134 cm³/mol. The molecule has 1 saturated carbocycles. The van der Waals surface area contributed by atoms with Gasteiger partial charge in [-0.3, -0.25) is 0 Å². The van der Waals surface area contributed by atoms with Crippen LogP contribution < -0.4 is 15.4 Å². The van der Waals surface area contributed by atoms with Crippen LogP contribution in [0.2, 0.25) is 5.02 Å². The van der Waals surface area contributed by atoms with Gasteiger partial charge in [-0.15, -0.1) is 0 Å². The summed E-state index contributed by atoms with van der Waals surface area (Å²) in [5, 5.41) is 18.5. The molecule has 1 aliphatic carbocycles. The van der Waals surface area contributed by atoms with Gasteiger partial charge < -0.3 is 20.5 Å². The van der Waals surface area contributed by atoms with Gasteiger partial charge in [0.15, 0.2) is 10.8 Å². The minimum absolute atomic E-state index is 0.0283. The Labute approximate surface area is 203 Å². The zero-order valence-corrected chi connectivity index (χ0v) is 19.6. The Morgan fingerprint density at radius 2 is 1.61 bits per heavy atom. The van der Waals surface area contributed by atoms with Crippen LogP contribution in [0.1, 0.15) is 47.9 Å². The molecule has 33 heavy (non-hydrogen) atoms. The highest BCUT2D eigenvalue weighted by Crippen LogP contribution is 2.58. The van der Waals surface area contributed by atoms with Crippen molar-refractivity contribution in [3.63, 3.8) is 0 Å². The highest BCUT2D eigenvalue weighted by atomic mass is 35.5. The SMILES string of the molecule is Oc1cc2c(cc1Cl)[C@H](c1ccccc1)[C@H]1CCC[C@@H]3[C@H](c4ccccc4)NC(=S)N[C@]13O2. The minimum Gasteiger partial charge on any atom is -0.506 e. The molecule has 2 heterocycles. The lowest BCUT2D eigenvalue weighted by molar-refractivity contribution is -0.120. The van der Waals surface area contributed by atoms with Crippen LogP contribution in [-0.4, -0.2) is 15.9 Å². The Bertz CT molecular complexity index is 1210. The van der Waals surface area contributed by atoms with Crippen LogP contribution >= 0.6 is 23.8 Å². The van der Waals surface area contributed by atoms with E-state index in [1.807, 2.05) is 18.2 Å². The van der Waals surface area contributed by atoms with E-state index in [1.54, 1.807) is 6.07 Å². The predicted octanol–water partition coefficient (Wildman–Crippen LogP) is 5.90. The third-order valence-corrected chi connectivity index (χ3v) is 8.07. The third kappa shape index (κ3) is 3.29. The highest BCUT2D eigenvalue weighted by Gasteiger charge is 2.60. The van der Waals surface area contributed by atoms with Crippen LogP contribution in [0.25, 0.3) is 0 Å². The maximum absolute atomic E-state index is 10.4. The molecule has 3 aliphatic rings. The summed E-state index contributed by atoms with van der Waals surface area (Å²) in [6.07, 6.45) is 3.12. The number of hydrogen-bond acceptors (Lipinski definition) is 3. The molecule has 0 bridgehead atoms. The number of rotatable bonds is 2. The van der Waals surface area contributed by atoms with Crippen molar-refractivity contribution in [2.24, 2.45) is 11.8 Å². The van der Waals surface area contributed by atoms with Crippen LogP contribution in [0, 0.1) is 11.8 Å². The van der Waals surface area contributed by atoms with Gasteiger partial charge in [0.1, 0.15) is 11.5 Å². The standard InChI is InChI=1S/C27H25ClN2O2S/c28-21-14-18-23(15-22(21)31)32-27-19(24(18)16-8-3-1-4-9-16)12-7-13-20(27)25(29-26(33)30-27)17-10-5-2-6-11-17/h1-6,8-11,14-15,19-20,24-25,31H,7,12-13H2,(H2,29,30,33)/t19-,20-,24+,25+,27+/m1/s1. The van der Waals surface area contributed by atoms with E-state index >= 15 is 0 Å². The Morgan fingerprint density at radius 3 is 2.33 bits per heavy atom. The van der Waals surface area contributed by atoms with Crippen LogP contribution in [0.15, 0.2) is 72.8 Å². The van der Waals surface area contributed by atoms with Crippen LogP contribution in [-0.2, 0) is 0 Å². The number of halogens is 1. The molecule has 2 fully saturated rings. The van der Waals surface area contributed by atoms with Gasteiger partial charge in [-0.1, -0.05) is 78.7 Å². The summed E-state index contributed by atoms with van der Waals surface area (Å²) in [6, 6.07) is 24.6. The number of fused-ring (bicyclic) bond motifs is 1. The topological polar surface area (TPSA) is 53.5 Å². The van der Waals surface area contributed by atoms with Crippen molar-refractivity contribution in [3.8, 4) is 11.5 Å². The van der Waals surface area contributed by atoms with Crippen molar-refractivity contribution in [2.45, 2.75) is 36.9 Å². The fraction of sp³-hybridized carbons (Fsp3) is 0.296. The second-order valence-electron chi connectivity index (χ2n) is 9.26. The molecule has 1 spiro atoms. The van der Waals surface area contributed by atoms with E-state index in [1.165, 1.54) is 11.1 Å². The highest BCUT2D eigenvalue weighted by molar-refractivity contribution is 7.80. The van der Waals surface area contributed by atoms with E-state index in [4.69, 9.17) is 28.6 Å². The fourth-order valence-electron chi connectivity index (χ4n) is 6.24. The molecule has 168 valence electrons. The first kappa shape index (κ1) is 20.8. The van der Waals surface area contributed by atoms with Crippen molar-refractivity contribution >= 4 is 28.9 Å². The first-order valence-corrected chi connectivity index (χ1v) is 12.3. The summed E-state index contributed by atoms with van der Waals surface area (Å²) in [6.45, 7) is 0. The Morgan fingerprint density at radius 1 is 0.939 bits per heavy atom. The molecule has 5 atom stereocenters. The molecular formula is C27H25ClN2O2S. The third-order valence-electron chi connectivity index (χ3n) is 7.54. The van der Waals surface area contributed by atoms with E-state index in [0.717, 1.165) is 24.8 Å². The number of hydrogen-bond donors (Lipinski definition) is 3. The second-order valence-corrected chi connectivity index (χ2v) is 10.1. The zero-order valence-electron chi connectivity index (χ0n) is 18.0. The lowest BCUT2D eigenvalue weighted by Crippen LogP contribution is -2.73. The van der Waals surface area contributed by atoms with E-state index < -0.39 is 5.72 Å². The van der Waals surface area contributed by atoms with Crippen molar-refractivity contribution in [1.82, 2.24) is 10.6 Å². The average Bonchev–Trinajstić information content (AvgIpc) is 2.83. The van der Waals surface area contributed by atoms with Crippen molar-refractivity contribution in [3.05, 3.63) is 94.5 Å². The molecule has 0 aromatic heterocycles. The lowest BCUT2D eigenvalue weighted by atomic mass is 9.60. The summed E-state index contributed by atoms with van der Waals surface area (Å²) in [7, 11) is 0. The first-order valence-electron chi connectivity index (χ1n) is 11.5. The van der Waals surface area contributed by atoms with E-state index in [0.29, 0.717) is 15.9 Å². The van der Waals surface area contributed by atoms with Crippen LogP contribution in [0.5, 0.6) is 11.5 Å². The van der Waals surface area contributed by atoms with Crippen molar-refractivity contribution in [1.29, 1.82) is 0 Å². The molecule has 3 aromatic carbocycles. The Kier molecular flexibility index (Phi) is 5.00. The monoisotopic (exact) mass is 476 g/mol. The number of nitrogens with one attached hydrogen (secondary N) is 2. The summed E-state index contributed by atoms with van der Waals surface area (Å²) < 4.78 is 6.88. The van der Waals surface area contributed by atoms with Gasteiger partial charge in [0.25, 0.3) is 0 Å². The van der Waals surface area contributed by atoms with Gasteiger partial charge in [-0.25, -0.2) is 0 Å². The number of aromatic hydroxyl groups is 1. The Balaban J connectivity index is 1.55. The lowest BCUT2D eigenvalue weighted by Gasteiger charge is -2.59. The minimum atomic E-state index is -0.686. The van der Waals surface area contributed by atoms with Gasteiger partial charge in [0.2, 0.25) is 0 Å². The molecule has 6 heteroatoms. The van der Waals surface area contributed by atoms with Crippen LogP contribution in [0.3, 0.4) is 0 Å². The van der Waals surface area contributed by atoms with Crippen molar-refractivity contribution in [2.75, 3.05) is 0 Å². The quantitative estimate of drug-likeness (QED) is 0.402. The van der Waals surface area contributed by atoms with Crippen molar-refractivity contribution < 1.29 is 9.84 Å². The maximum Gasteiger partial charge on any atom is 0.191 e. The number of benzene rings is 3. The van der Waals surface area contributed by atoms with E-state index in [-0.39, 0.29) is 29.5 Å². The van der Waals surface area contributed by atoms with E-state index in [9.17, 15) is 5.11 Å². The summed E-state index contributed by atoms with van der Waals surface area (Å²) in [5.41, 5.74) is 2.75. The zero-order chi connectivity index (χ0) is 22.6. The second kappa shape index (κ2) is 7.93. The summed E-state index contributed by atoms with van der Waals surface area (Å²) in [4.78, 5) is 0. The smallest absolute Gasteiger partial charge is 0.191 e.